The highest BCUT2D eigenvalue weighted by Gasteiger charge is 2.29. The molecule has 0 unspecified atom stereocenters. The molecule has 2 aromatic rings. The van der Waals surface area contributed by atoms with Crippen LogP contribution in [0, 0.1) is 5.82 Å². The fraction of sp³-hybridized carbons (Fsp3) is 0.133. The van der Waals surface area contributed by atoms with Gasteiger partial charge in [0.1, 0.15) is 11.6 Å². The molecule has 24 heavy (non-hydrogen) atoms. The van der Waals surface area contributed by atoms with Crippen LogP contribution in [0.1, 0.15) is 10.4 Å². The van der Waals surface area contributed by atoms with Crippen molar-refractivity contribution in [3.05, 3.63) is 57.3 Å². The molecule has 0 aliphatic carbocycles. The van der Waals surface area contributed by atoms with E-state index < -0.39 is 24.5 Å². The van der Waals surface area contributed by atoms with Crippen molar-refractivity contribution in [2.75, 3.05) is 11.9 Å². The Kier molecular flexibility index (Phi) is 5.71. The van der Waals surface area contributed by atoms with Gasteiger partial charge in [0.15, 0.2) is 6.61 Å². The molecule has 0 spiro atoms. The Balaban J connectivity index is 2.26. The molecule has 0 aliphatic heterocycles. The Morgan fingerprint density at radius 2 is 1.92 bits per heavy atom. The molecule has 128 valence electrons. The van der Waals surface area contributed by atoms with Gasteiger partial charge in [-0.05, 0) is 52.3 Å². The van der Waals surface area contributed by atoms with Crippen molar-refractivity contribution in [2.24, 2.45) is 0 Å². The predicted molar refractivity (Wildman–Crippen MR) is 85.1 cm³/mol. The lowest BCUT2D eigenvalue weighted by Crippen LogP contribution is -2.20. The number of anilines is 1. The standard InChI is InChI=1S/C15H9BrClF4NO2/c16-11-3-2-9(18)6-10(11)14(23)22-12-5-8(17)1-4-13(12)24-7-15(19,20)21/h1-6H,7H2,(H,22,23). The van der Waals surface area contributed by atoms with Crippen LogP contribution >= 0.6 is 27.5 Å². The van der Waals surface area contributed by atoms with Crippen LogP contribution in [-0.4, -0.2) is 18.7 Å². The Morgan fingerprint density at radius 1 is 1.21 bits per heavy atom. The van der Waals surface area contributed by atoms with Gasteiger partial charge in [-0.2, -0.15) is 13.2 Å². The molecule has 0 aromatic heterocycles. The number of halogens is 6. The molecule has 0 aliphatic rings. The van der Waals surface area contributed by atoms with Gasteiger partial charge in [-0.1, -0.05) is 11.6 Å². The van der Waals surface area contributed by atoms with E-state index in [1.165, 1.54) is 24.3 Å². The third kappa shape index (κ3) is 5.10. The first-order valence-corrected chi connectivity index (χ1v) is 7.58. The molecule has 3 nitrogen and oxygen atoms in total. The summed E-state index contributed by atoms with van der Waals surface area (Å²) in [6, 6.07) is 7.23. The van der Waals surface area contributed by atoms with Crippen LogP contribution in [-0.2, 0) is 0 Å². The van der Waals surface area contributed by atoms with Gasteiger partial charge in [0.25, 0.3) is 5.91 Å². The Labute approximate surface area is 147 Å². The van der Waals surface area contributed by atoms with Gasteiger partial charge in [0.05, 0.1) is 11.3 Å². The minimum absolute atomic E-state index is 0.0308. The summed E-state index contributed by atoms with van der Waals surface area (Å²) in [6.45, 7) is -1.53. The first kappa shape index (κ1) is 18.5. The summed E-state index contributed by atoms with van der Waals surface area (Å²) in [7, 11) is 0. The minimum atomic E-state index is -4.54. The third-order valence-electron chi connectivity index (χ3n) is 2.75. The number of alkyl halides is 3. The summed E-state index contributed by atoms with van der Waals surface area (Å²) >= 11 is 8.90. The number of rotatable bonds is 4. The van der Waals surface area contributed by atoms with E-state index in [1.54, 1.807) is 0 Å². The van der Waals surface area contributed by atoms with E-state index in [1.807, 2.05) is 0 Å². The lowest BCUT2D eigenvalue weighted by Gasteiger charge is -2.14. The summed E-state index contributed by atoms with van der Waals surface area (Å²) in [6.07, 6.45) is -4.54. The van der Waals surface area contributed by atoms with Crippen LogP contribution in [0.25, 0.3) is 0 Å². The lowest BCUT2D eigenvalue weighted by atomic mass is 10.2. The van der Waals surface area contributed by atoms with E-state index in [9.17, 15) is 22.4 Å². The van der Waals surface area contributed by atoms with Crippen LogP contribution in [0.15, 0.2) is 40.9 Å². The number of ether oxygens (including phenoxy) is 1. The van der Waals surface area contributed by atoms with Crippen molar-refractivity contribution in [3.63, 3.8) is 0 Å². The normalized spacial score (nSPS) is 11.2. The predicted octanol–water partition coefficient (Wildman–Crippen LogP) is 5.44. The van der Waals surface area contributed by atoms with Crippen LogP contribution in [0.4, 0.5) is 23.2 Å². The first-order chi connectivity index (χ1) is 11.2. The highest BCUT2D eigenvalue weighted by Crippen LogP contribution is 2.30. The van der Waals surface area contributed by atoms with Crippen LogP contribution < -0.4 is 10.1 Å². The molecule has 9 heteroatoms. The first-order valence-electron chi connectivity index (χ1n) is 6.41. The maximum Gasteiger partial charge on any atom is 0.422 e. The smallest absolute Gasteiger partial charge is 0.422 e. The second-order valence-electron chi connectivity index (χ2n) is 4.62. The maximum absolute atomic E-state index is 13.3. The van der Waals surface area contributed by atoms with E-state index >= 15 is 0 Å². The SMILES string of the molecule is O=C(Nc1cc(Cl)ccc1OCC(F)(F)F)c1cc(F)ccc1Br. The maximum atomic E-state index is 13.3. The lowest BCUT2D eigenvalue weighted by molar-refractivity contribution is -0.153. The molecule has 1 N–H and O–H groups in total. The van der Waals surface area contributed by atoms with Crippen LogP contribution in [0.3, 0.4) is 0 Å². The summed E-state index contributed by atoms with van der Waals surface area (Å²) in [5.41, 5.74) is -0.0929. The summed E-state index contributed by atoms with van der Waals surface area (Å²) in [4.78, 5) is 12.2. The molecule has 0 atom stereocenters. The van der Waals surface area contributed by atoms with Crippen LogP contribution in [0.2, 0.25) is 5.02 Å². The molecule has 0 radical (unpaired) electrons. The van der Waals surface area contributed by atoms with Crippen LogP contribution in [0.5, 0.6) is 5.75 Å². The fourth-order valence-corrected chi connectivity index (χ4v) is 2.35. The van der Waals surface area contributed by atoms with Crippen molar-refractivity contribution in [1.29, 1.82) is 0 Å². The summed E-state index contributed by atoms with van der Waals surface area (Å²) < 4.78 is 55.1. The number of carbonyl (C=O) groups excluding carboxylic acids is 1. The molecule has 0 saturated heterocycles. The number of amides is 1. The van der Waals surface area contributed by atoms with Gasteiger partial charge >= 0.3 is 6.18 Å². The molecule has 2 aromatic carbocycles. The Morgan fingerprint density at radius 3 is 2.58 bits per heavy atom. The van der Waals surface area contributed by atoms with E-state index in [2.05, 4.69) is 26.0 Å². The van der Waals surface area contributed by atoms with Gasteiger partial charge in [-0.15, -0.1) is 0 Å². The molecule has 1 amide bonds. The van der Waals surface area contributed by atoms with Gasteiger partial charge in [-0.25, -0.2) is 4.39 Å². The fourth-order valence-electron chi connectivity index (χ4n) is 1.75. The second-order valence-corrected chi connectivity index (χ2v) is 5.91. The Hall–Kier alpha value is -1.80. The van der Waals surface area contributed by atoms with Crippen molar-refractivity contribution in [2.45, 2.75) is 6.18 Å². The molecule has 0 bridgehead atoms. The zero-order valence-electron chi connectivity index (χ0n) is 11.8. The minimum Gasteiger partial charge on any atom is -0.482 e. The second kappa shape index (κ2) is 7.40. The largest absolute Gasteiger partial charge is 0.482 e. The quantitative estimate of drug-likeness (QED) is 0.662. The van der Waals surface area contributed by atoms with E-state index in [4.69, 9.17) is 11.6 Å². The van der Waals surface area contributed by atoms with Crippen molar-refractivity contribution < 1.29 is 27.1 Å². The zero-order valence-corrected chi connectivity index (χ0v) is 14.1. The summed E-state index contributed by atoms with van der Waals surface area (Å²) in [5, 5.41) is 2.54. The zero-order chi connectivity index (χ0) is 17.9. The average Bonchev–Trinajstić information content (AvgIpc) is 2.48. The van der Waals surface area contributed by atoms with Crippen molar-refractivity contribution >= 4 is 39.1 Å². The highest BCUT2D eigenvalue weighted by atomic mass is 79.9. The molecule has 0 saturated carbocycles. The number of hydrogen-bond donors (Lipinski definition) is 1. The number of carbonyl (C=O) groups is 1. The van der Waals surface area contributed by atoms with Gasteiger partial charge in [0, 0.05) is 9.50 Å². The van der Waals surface area contributed by atoms with E-state index in [0.29, 0.717) is 4.47 Å². The number of hydrogen-bond acceptors (Lipinski definition) is 2. The number of benzene rings is 2. The molecular formula is C15H9BrClF4NO2. The van der Waals surface area contributed by atoms with Gasteiger partial charge < -0.3 is 10.1 Å². The monoisotopic (exact) mass is 425 g/mol. The van der Waals surface area contributed by atoms with Crippen molar-refractivity contribution in [1.82, 2.24) is 0 Å². The molecular weight excluding hydrogens is 418 g/mol. The van der Waals surface area contributed by atoms with E-state index in [0.717, 1.165) is 12.1 Å². The van der Waals surface area contributed by atoms with Gasteiger partial charge in [0.2, 0.25) is 0 Å². The Bertz CT molecular complexity index is 768. The topological polar surface area (TPSA) is 38.3 Å². The van der Waals surface area contributed by atoms with E-state index in [-0.39, 0.29) is 22.0 Å². The molecule has 2 rings (SSSR count). The van der Waals surface area contributed by atoms with Crippen molar-refractivity contribution in [3.8, 4) is 5.75 Å². The summed E-state index contributed by atoms with van der Waals surface area (Å²) in [5.74, 6) is -1.58. The van der Waals surface area contributed by atoms with Gasteiger partial charge in [-0.3, -0.25) is 4.79 Å². The highest BCUT2D eigenvalue weighted by molar-refractivity contribution is 9.10. The number of nitrogens with one attached hydrogen (secondary N) is 1. The molecule has 0 heterocycles. The average molecular weight is 427 g/mol. The molecule has 0 fully saturated rings. The third-order valence-corrected chi connectivity index (χ3v) is 3.68.